The van der Waals surface area contributed by atoms with E-state index >= 15 is 0 Å². The molecule has 0 aliphatic carbocycles. The first-order chi connectivity index (χ1) is 8.34. The number of aliphatic hydroxyl groups is 1. The summed E-state index contributed by atoms with van der Waals surface area (Å²) in [6, 6.07) is 6.92. The number of benzene rings is 1. The van der Waals surface area contributed by atoms with Crippen LogP contribution in [0.5, 0.6) is 0 Å². The Balaban J connectivity index is 2.69. The first-order valence-electron chi connectivity index (χ1n) is 6.10. The molecule has 0 saturated heterocycles. The van der Waals surface area contributed by atoms with Crippen LogP contribution >= 0.6 is 0 Å². The lowest BCUT2D eigenvalue weighted by Crippen LogP contribution is -2.39. The van der Waals surface area contributed by atoms with Gasteiger partial charge in [-0.2, -0.15) is 0 Å². The summed E-state index contributed by atoms with van der Waals surface area (Å²) in [7, 11) is 0. The standard InChI is InChI=1S/C14H21NO3/c1-5-18-13(16)11-6-8-12(9-7-11)15-10(2)14(3,4)17/h6-10,15,17H,5H2,1-4H3. The van der Waals surface area contributed by atoms with E-state index in [1.165, 1.54) is 0 Å². The van der Waals surface area contributed by atoms with Gasteiger partial charge in [0.1, 0.15) is 0 Å². The minimum atomic E-state index is -0.806. The third-order valence-corrected chi connectivity index (χ3v) is 2.84. The SMILES string of the molecule is CCOC(=O)c1ccc(NC(C)C(C)(C)O)cc1. The number of esters is 1. The maximum Gasteiger partial charge on any atom is 0.338 e. The summed E-state index contributed by atoms with van der Waals surface area (Å²) < 4.78 is 4.90. The average molecular weight is 251 g/mol. The van der Waals surface area contributed by atoms with E-state index in [1.807, 2.05) is 6.92 Å². The van der Waals surface area contributed by atoms with Crippen molar-refractivity contribution < 1.29 is 14.6 Å². The average Bonchev–Trinajstić information content (AvgIpc) is 2.29. The van der Waals surface area contributed by atoms with Gasteiger partial charge in [-0.1, -0.05) is 0 Å². The maximum absolute atomic E-state index is 11.5. The fourth-order valence-corrected chi connectivity index (χ4v) is 1.34. The van der Waals surface area contributed by atoms with Crippen molar-refractivity contribution in [2.45, 2.75) is 39.3 Å². The highest BCUT2D eigenvalue weighted by atomic mass is 16.5. The van der Waals surface area contributed by atoms with Crippen molar-refractivity contribution in [3.8, 4) is 0 Å². The van der Waals surface area contributed by atoms with Crippen molar-refractivity contribution in [1.82, 2.24) is 0 Å². The van der Waals surface area contributed by atoms with Gasteiger partial charge in [0.25, 0.3) is 0 Å². The summed E-state index contributed by atoms with van der Waals surface area (Å²) >= 11 is 0. The highest BCUT2D eigenvalue weighted by molar-refractivity contribution is 5.89. The number of carbonyl (C=O) groups excluding carboxylic acids is 1. The van der Waals surface area contributed by atoms with E-state index in [2.05, 4.69) is 5.32 Å². The van der Waals surface area contributed by atoms with E-state index in [4.69, 9.17) is 4.74 Å². The first kappa shape index (κ1) is 14.5. The van der Waals surface area contributed by atoms with Gasteiger partial charge in [-0.05, 0) is 52.0 Å². The maximum atomic E-state index is 11.5. The fraction of sp³-hybridized carbons (Fsp3) is 0.500. The van der Waals surface area contributed by atoms with Crippen molar-refractivity contribution in [3.63, 3.8) is 0 Å². The molecule has 1 unspecified atom stereocenters. The van der Waals surface area contributed by atoms with Crippen LogP contribution in [0.25, 0.3) is 0 Å². The molecule has 0 aliphatic heterocycles. The van der Waals surface area contributed by atoms with Gasteiger partial charge in [0.05, 0.1) is 23.8 Å². The summed E-state index contributed by atoms with van der Waals surface area (Å²) in [6.07, 6.45) is 0. The van der Waals surface area contributed by atoms with Crippen molar-refractivity contribution in [1.29, 1.82) is 0 Å². The van der Waals surface area contributed by atoms with Crippen molar-refractivity contribution in [2.75, 3.05) is 11.9 Å². The molecule has 0 saturated carbocycles. The number of hydrogen-bond donors (Lipinski definition) is 2. The summed E-state index contributed by atoms with van der Waals surface area (Å²) in [4.78, 5) is 11.5. The second-order valence-electron chi connectivity index (χ2n) is 4.82. The number of anilines is 1. The van der Waals surface area contributed by atoms with E-state index in [-0.39, 0.29) is 12.0 Å². The molecule has 0 aliphatic rings. The Bertz CT molecular complexity index is 392. The van der Waals surface area contributed by atoms with E-state index in [0.717, 1.165) is 5.69 Å². The van der Waals surface area contributed by atoms with Crippen LogP contribution in [0.4, 0.5) is 5.69 Å². The topological polar surface area (TPSA) is 58.6 Å². The zero-order valence-corrected chi connectivity index (χ0v) is 11.4. The smallest absolute Gasteiger partial charge is 0.338 e. The monoisotopic (exact) mass is 251 g/mol. The third-order valence-electron chi connectivity index (χ3n) is 2.84. The molecule has 0 heterocycles. The number of hydrogen-bond acceptors (Lipinski definition) is 4. The summed E-state index contributed by atoms with van der Waals surface area (Å²) in [5.41, 5.74) is 0.579. The van der Waals surface area contributed by atoms with Gasteiger partial charge in [-0.25, -0.2) is 4.79 Å². The van der Waals surface area contributed by atoms with Gasteiger partial charge in [0.2, 0.25) is 0 Å². The second-order valence-corrected chi connectivity index (χ2v) is 4.82. The van der Waals surface area contributed by atoms with E-state index in [0.29, 0.717) is 12.2 Å². The molecule has 0 radical (unpaired) electrons. The van der Waals surface area contributed by atoms with Gasteiger partial charge < -0.3 is 15.2 Å². The van der Waals surface area contributed by atoms with Crippen LogP contribution in [0.15, 0.2) is 24.3 Å². The highest BCUT2D eigenvalue weighted by Gasteiger charge is 2.21. The van der Waals surface area contributed by atoms with Crippen LogP contribution in [0.1, 0.15) is 38.1 Å². The van der Waals surface area contributed by atoms with Gasteiger partial charge >= 0.3 is 5.97 Å². The van der Waals surface area contributed by atoms with Crippen LogP contribution in [0.2, 0.25) is 0 Å². The number of rotatable bonds is 5. The van der Waals surface area contributed by atoms with Crippen LogP contribution in [-0.4, -0.2) is 29.3 Å². The molecule has 1 atom stereocenters. The minimum absolute atomic E-state index is 0.0917. The molecule has 4 heteroatoms. The Morgan fingerprint density at radius 1 is 1.39 bits per heavy atom. The second kappa shape index (κ2) is 5.87. The molecule has 0 aromatic heterocycles. The molecule has 0 bridgehead atoms. The quantitative estimate of drug-likeness (QED) is 0.789. The lowest BCUT2D eigenvalue weighted by Gasteiger charge is -2.27. The van der Waals surface area contributed by atoms with Crippen LogP contribution < -0.4 is 5.32 Å². The van der Waals surface area contributed by atoms with E-state index < -0.39 is 5.60 Å². The molecule has 1 aromatic carbocycles. The first-order valence-corrected chi connectivity index (χ1v) is 6.10. The molecule has 0 spiro atoms. The predicted molar refractivity (Wildman–Crippen MR) is 71.8 cm³/mol. The Kier molecular flexibility index (Phi) is 4.73. The van der Waals surface area contributed by atoms with Gasteiger partial charge in [0, 0.05) is 5.69 Å². The molecule has 1 aromatic rings. The molecule has 0 amide bonds. The summed E-state index contributed by atoms with van der Waals surface area (Å²) in [5.74, 6) is -0.320. The molecule has 0 fully saturated rings. The number of ether oxygens (including phenoxy) is 1. The van der Waals surface area contributed by atoms with Crippen molar-refractivity contribution in [2.24, 2.45) is 0 Å². The van der Waals surface area contributed by atoms with Gasteiger partial charge in [-0.15, -0.1) is 0 Å². The summed E-state index contributed by atoms with van der Waals surface area (Å²) in [6.45, 7) is 7.54. The normalized spacial score (nSPS) is 12.9. The number of nitrogens with one attached hydrogen (secondary N) is 1. The molecular weight excluding hydrogens is 230 g/mol. The summed E-state index contributed by atoms with van der Waals surface area (Å²) in [5, 5.41) is 13.0. The zero-order valence-electron chi connectivity index (χ0n) is 11.4. The van der Waals surface area contributed by atoms with E-state index in [9.17, 15) is 9.90 Å². The molecule has 1 rings (SSSR count). The van der Waals surface area contributed by atoms with Crippen LogP contribution in [-0.2, 0) is 4.74 Å². The largest absolute Gasteiger partial charge is 0.462 e. The van der Waals surface area contributed by atoms with Gasteiger partial charge in [0.15, 0.2) is 0 Å². The molecule has 2 N–H and O–H groups in total. The highest BCUT2D eigenvalue weighted by Crippen LogP contribution is 2.16. The molecular formula is C14H21NO3. The van der Waals surface area contributed by atoms with Crippen LogP contribution in [0.3, 0.4) is 0 Å². The Hall–Kier alpha value is -1.55. The Morgan fingerprint density at radius 2 is 1.94 bits per heavy atom. The lowest BCUT2D eigenvalue weighted by atomic mass is 10.0. The van der Waals surface area contributed by atoms with Gasteiger partial charge in [-0.3, -0.25) is 0 Å². The number of carbonyl (C=O) groups is 1. The third kappa shape index (κ3) is 4.04. The zero-order chi connectivity index (χ0) is 13.8. The molecule has 18 heavy (non-hydrogen) atoms. The predicted octanol–water partition coefficient (Wildman–Crippen LogP) is 2.43. The van der Waals surface area contributed by atoms with Crippen molar-refractivity contribution in [3.05, 3.63) is 29.8 Å². The molecule has 4 nitrogen and oxygen atoms in total. The van der Waals surface area contributed by atoms with Crippen LogP contribution in [0, 0.1) is 0 Å². The minimum Gasteiger partial charge on any atom is -0.462 e. The molecule has 100 valence electrons. The fourth-order valence-electron chi connectivity index (χ4n) is 1.34. The Morgan fingerprint density at radius 3 is 2.39 bits per heavy atom. The van der Waals surface area contributed by atoms with Crippen molar-refractivity contribution >= 4 is 11.7 Å². The lowest BCUT2D eigenvalue weighted by molar-refractivity contribution is 0.0526. The van der Waals surface area contributed by atoms with E-state index in [1.54, 1.807) is 45.0 Å². The Labute approximate surface area is 108 Å².